The highest BCUT2D eigenvalue weighted by Gasteiger charge is 1.99. The molecule has 5 heteroatoms. The van der Waals surface area contributed by atoms with E-state index >= 15 is 0 Å². The van der Waals surface area contributed by atoms with Crippen LogP contribution in [0.1, 0.15) is 0 Å². The number of hydrogen-bond donors (Lipinski definition) is 1. The SMILES string of the molecule is O=c1ccn(-c2cccc(Cl)c2)c(=O)[nH]1. The van der Waals surface area contributed by atoms with Crippen LogP contribution < -0.4 is 11.2 Å². The molecule has 0 radical (unpaired) electrons. The number of benzene rings is 1. The summed E-state index contributed by atoms with van der Waals surface area (Å²) in [5.74, 6) is 0. The van der Waals surface area contributed by atoms with Gasteiger partial charge in [0.1, 0.15) is 0 Å². The van der Waals surface area contributed by atoms with Gasteiger partial charge in [0.25, 0.3) is 5.56 Å². The molecule has 0 saturated heterocycles. The molecule has 0 unspecified atom stereocenters. The zero-order valence-electron chi connectivity index (χ0n) is 7.61. The maximum absolute atomic E-state index is 11.4. The smallest absolute Gasteiger partial charge is 0.274 e. The van der Waals surface area contributed by atoms with Crippen molar-refractivity contribution in [2.45, 2.75) is 0 Å². The van der Waals surface area contributed by atoms with E-state index in [1.54, 1.807) is 24.3 Å². The molecular weight excluding hydrogens is 216 g/mol. The van der Waals surface area contributed by atoms with Gasteiger partial charge < -0.3 is 0 Å². The predicted octanol–water partition coefficient (Wildman–Crippen LogP) is 1.18. The fourth-order valence-electron chi connectivity index (χ4n) is 1.25. The summed E-state index contributed by atoms with van der Waals surface area (Å²) in [5, 5.41) is 0.533. The first-order chi connectivity index (χ1) is 7.16. The molecule has 2 aromatic rings. The Balaban J connectivity index is 2.64. The lowest BCUT2D eigenvalue weighted by Gasteiger charge is -2.03. The molecule has 0 saturated carbocycles. The summed E-state index contributed by atoms with van der Waals surface area (Å²) in [5.41, 5.74) is -0.285. The van der Waals surface area contributed by atoms with Crippen molar-refractivity contribution in [1.29, 1.82) is 0 Å². The van der Waals surface area contributed by atoms with E-state index in [0.29, 0.717) is 10.7 Å². The molecule has 76 valence electrons. The molecule has 0 bridgehead atoms. The van der Waals surface area contributed by atoms with Crippen molar-refractivity contribution < 1.29 is 0 Å². The van der Waals surface area contributed by atoms with Gasteiger partial charge in [0.15, 0.2) is 0 Å². The van der Waals surface area contributed by atoms with Crippen molar-refractivity contribution in [3.63, 3.8) is 0 Å². The Bertz CT molecular complexity index is 601. The van der Waals surface area contributed by atoms with E-state index in [1.165, 1.54) is 16.8 Å². The van der Waals surface area contributed by atoms with Gasteiger partial charge in [-0.15, -0.1) is 0 Å². The maximum atomic E-state index is 11.4. The molecule has 0 atom stereocenters. The molecule has 0 aliphatic carbocycles. The van der Waals surface area contributed by atoms with Gasteiger partial charge in [0, 0.05) is 17.3 Å². The summed E-state index contributed by atoms with van der Waals surface area (Å²) in [6, 6.07) is 8.09. The first-order valence-corrected chi connectivity index (χ1v) is 4.62. The number of nitrogens with one attached hydrogen (secondary N) is 1. The maximum Gasteiger partial charge on any atom is 0.332 e. The number of halogens is 1. The molecule has 1 aromatic heterocycles. The van der Waals surface area contributed by atoms with E-state index in [9.17, 15) is 9.59 Å². The Labute approximate surface area is 89.8 Å². The van der Waals surface area contributed by atoms with Crippen LogP contribution in [0.2, 0.25) is 5.02 Å². The molecule has 15 heavy (non-hydrogen) atoms. The number of hydrogen-bond acceptors (Lipinski definition) is 2. The third-order valence-electron chi connectivity index (χ3n) is 1.91. The van der Waals surface area contributed by atoms with Crippen LogP contribution in [-0.4, -0.2) is 9.55 Å². The molecular formula is C10H7ClN2O2. The Hall–Kier alpha value is -1.81. The number of aromatic nitrogens is 2. The largest absolute Gasteiger partial charge is 0.332 e. The number of nitrogens with zero attached hydrogens (tertiary/aromatic N) is 1. The summed E-state index contributed by atoms with van der Waals surface area (Å²) < 4.78 is 1.31. The summed E-state index contributed by atoms with van der Waals surface area (Å²) in [7, 11) is 0. The van der Waals surface area contributed by atoms with Gasteiger partial charge in [-0.25, -0.2) is 4.79 Å². The predicted molar refractivity (Wildman–Crippen MR) is 57.7 cm³/mol. The van der Waals surface area contributed by atoms with Gasteiger partial charge in [0.2, 0.25) is 0 Å². The molecule has 0 aliphatic rings. The number of H-pyrrole nitrogens is 1. The summed E-state index contributed by atoms with van der Waals surface area (Å²) in [6.07, 6.45) is 1.41. The molecule has 1 N–H and O–H groups in total. The van der Waals surface area contributed by atoms with Crippen LogP contribution in [0.5, 0.6) is 0 Å². The third-order valence-corrected chi connectivity index (χ3v) is 2.15. The van der Waals surface area contributed by atoms with Gasteiger partial charge in [-0.3, -0.25) is 14.3 Å². The normalized spacial score (nSPS) is 10.2. The van der Waals surface area contributed by atoms with E-state index in [0.717, 1.165) is 0 Å². The van der Waals surface area contributed by atoms with Gasteiger partial charge in [-0.2, -0.15) is 0 Å². The van der Waals surface area contributed by atoms with Crippen LogP contribution in [0.3, 0.4) is 0 Å². The van der Waals surface area contributed by atoms with Crippen molar-refractivity contribution >= 4 is 11.6 Å². The van der Waals surface area contributed by atoms with Gasteiger partial charge in [-0.05, 0) is 18.2 Å². The van der Waals surface area contributed by atoms with Crippen LogP contribution in [0.15, 0.2) is 46.1 Å². The summed E-state index contributed by atoms with van der Waals surface area (Å²) in [4.78, 5) is 24.4. The van der Waals surface area contributed by atoms with Crippen LogP contribution in [0.25, 0.3) is 5.69 Å². The van der Waals surface area contributed by atoms with Gasteiger partial charge in [-0.1, -0.05) is 17.7 Å². The Kier molecular flexibility index (Phi) is 2.43. The lowest BCUT2D eigenvalue weighted by Crippen LogP contribution is -2.27. The highest BCUT2D eigenvalue weighted by molar-refractivity contribution is 6.30. The van der Waals surface area contributed by atoms with E-state index < -0.39 is 11.2 Å². The number of aromatic amines is 1. The zero-order valence-corrected chi connectivity index (χ0v) is 8.36. The van der Waals surface area contributed by atoms with Gasteiger partial charge in [0.05, 0.1) is 5.69 Å². The molecule has 2 rings (SSSR count). The van der Waals surface area contributed by atoms with E-state index in [1.807, 2.05) is 0 Å². The van der Waals surface area contributed by atoms with Crippen molar-refractivity contribution in [2.24, 2.45) is 0 Å². The van der Waals surface area contributed by atoms with Crippen molar-refractivity contribution in [1.82, 2.24) is 9.55 Å². The minimum absolute atomic E-state index is 0.418. The molecule has 0 spiro atoms. The minimum atomic E-state index is -0.482. The van der Waals surface area contributed by atoms with Crippen LogP contribution in [0.4, 0.5) is 0 Å². The van der Waals surface area contributed by atoms with Crippen LogP contribution in [-0.2, 0) is 0 Å². The lowest BCUT2D eigenvalue weighted by atomic mass is 10.3. The first kappa shape index (κ1) is 9.73. The summed E-state index contributed by atoms with van der Waals surface area (Å²) >= 11 is 5.79. The van der Waals surface area contributed by atoms with Crippen LogP contribution in [0, 0.1) is 0 Å². The zero-order chi connectivity index (χ0) is 10.8. The highest BCUT2D eigenvalue weighted by atomic mass is 35.5. The molecule has 1 aromatic carbocycles. The second-order valence-corrected chi connectivity index (χ2v) is 3.40. The molecule has 0 amide bonds. The van der Waals surface area contributed by atoms with Gasteiger partial charge >= 0.3 is 5.69 Å². The van der Waals surface area contributed by atoms with Crippen molar-refractivity contribution in [3.05, 3.63) is 62.4 Å². The second kappa shape index (κ2) is 3.74. The fourth-order valence-corrected chi connectivity index (χ4v) is 1.43. The molecule has 1 heterocycles. The topological polar surface area (TPSA) is 54.9 Å². The molecule has 4 nitrogen and oxygen atoms in total. The van der Waals surface area contributed by atoms with Crippen LogP contribution >= 0.6 is 11.6 Å². The highest BCUT2D eigenvalue weighted by Crippen LogP contribution is 2.12. The van der Waals surface area contributed by atoms with Crippen molar-refractivity contribution in [2.75, 3.05) is 0 Å². The Morgan fingerprint density at radius 3 is 2.67 bits per heavy atom. The second-order valence-electron chi connectivity index (χ2n) is 2.96. The van der Waals surface area contributed by atoms with E-state index in [-0.39, 0.29) is 0 Å². The standard InChI is InChI=1S/C10H7ClN2O2/c11-7-2-1-3-8(6-7)13-5-4-9(14)12-10(13)15/h1-6H,(H,12,14,15). The molecule has 0 aliphatic heterocycles. The summed E-state index contributed by atoms with van der Waals surface area (Å²) in [6.45, 7) is 0. The number of rotatable bonds is 1. The quantitative estimate of drug-likeness (QED) is 0.788. The monoisotopic (exact) mass is 222 g/mol. The lowest BCUT2D eigenvalue weighted by molar-refractivity contribution is 0.896. The minimum Gasteiger partial charge on any atom is -0.274 e. The Morgan fingerprint density at radius 2 is 2.00 bits per heavy atom. The van der Waals surface area contributed by atoms with E-state index in [2.05, 4.69) is 4.98 Å². The Morgan fingerprint density at radius 1 is 1.20 bits per heavy atom. The first-order valence-electron chi connectivity index (χ1n) is 4.25. The third kappa shape index (κ3) is 1.99. The van der Waals surface area contributed by atoms with E-state index in [4.69, 9.17) is 11.6 Å². The average molecular weight is 223 g/mol. The average Bonchev–Trinajstić information content (AvgIpc) is 2.17. The van der Waals surface area contributed by atoms with Crippen molar-refractivity contribution in [3.8, 4) is 5.69 Å². The fraction of sp³-hybridized carbons (Fsp3) is 0. The molecule has 0 fully saturated rings.